The molecule has 1 N–H and O–H groups in total. The highest BCUT2D eigenvalue weighted by Gasteiger charge is 2.34. The minimum atomic E-state index is 0.585. The van der Waals surface area contributed by atoms with Crippen LogP contribution < -0.4 is 10.1 Å². The van der Waals surface area contributed by atoms with Crippen molar-refractivity contribution in [2.45, 2.75) is 51.5 Å². The number of hydrogen-bond acceptors (Lipinski definition) is 2. The second-order valence-electron chi connectivity index (χ2n) is 6.29. The molecule has 2 heteroatoms. The molecule has 0 bridgehead atoms. The van der Waals surface area contributed by atoms with Gasteiger partial charge in [0.15, 0.2) is 0 Å². The zero-order chi connectivity index (χ0) is 13.2. The standard InChI is InChI=1S/C17H25NO/c1-12(2)18-11-14-8-9-15(14)16-7-3-5-13-6-4-10-19-17(13)16/h3,5,7,12,14-15,18H,4,6,8-11H2,1-2H3. The summed E-state index contributed by atoms with van der Waals surface area (Å²) in [6.45, 7) is 6.49. The number of para-hydroxylation sites is 1. The van der Waals surface area contributed by atoms with E-state index in [1.54, 1.807) is 0 Å². The summed E-state index contributed by atoms with van der Waals surface area (Å²) >= 11 is 0. The molecule has 0 radical (unpaired) electrons. The van der Waals surface area contributed by atoms with Gasteiger partial charge in [-0.15, -0.1) is 0 Å². The molecule has 1 aliphatic carbocycles. The fraction of sp³-hybridized carbons (Fsp3) is 0.647. The van der Waals surface area contributed by atoms with E-state index >= 15 is 0 Å². The van der Waals surface area contributed by atoms with E-state index in [1.807, 2.05) is 0 Å². The van der Waals surface area contributed by atoms with E-state index in [2.05, 4.69) is 37.4 Å². The van der Waals surface area contributed by atoms with E-state index in [4.69, 9.17) is 4.74 Å². The molecule has 1 aliphatic heterocycles. The van der Waals surface area contributed by atoms with E-state index < -0.39 is 0 Å². The van der Waals surface area contributed by atoms with Crippen molar-refractivity contribution in [2.24, 2.45) is 5.92 Å². The first-order valence-corrected chi connectivity index (χ1v) is 7.73. The molecule has 19 heavy (non-hydrogen) atoms. The summed E-state index contributed by atoms with van der Waals surface area (Å²) in [6.07, 6.45) is 5.03. The molecule has 1 saturated carbocycles. The maximum absolute atomic E-state index is 5.96. The number of fused-ring (bicyclic) bond motifs is 1. The quantitative estimate of drug-likeness (QED) is 0.893. The van der Waals surface area contributed by atoms with Crippen LogP contribution in [0.2, 0.25) is 0 Å². The minimum absolute atomic E-state index is 0.585. The van der Waals surface area contributed by atoms with Crippen molar-refractivity contribution in [3.05, 3.63) is 29.3 Å². The van der Waals surface area contributed by atoms with Crippen LogP contribution in [0.5, 0.6) is 5.75 Å². The molecule has 1 aromatic carbocycles. The van der Waals surface area contributed by atoms with Crippen LogP contribution in [0.15, 0.2) is 18.2 Å². The van der Waals surface area contributed by atoms with Gasteiger partial charge in [-0.3, -0.25) is 0 Å². The van der Waals surface area contributed by atoms with Gasteiger partial charge in [0.1, 0.15) is 5.75 Å². The normalized spacial score (nSPS) is 25.6. The highest BCUT2D eigenvalue weighted by atomic mass is 16.5. The molecule has 2 nitrogen and oxygen atoms in total. The van der Waals surface area contributed by atoms with E-state index in [1.165, 1.54) is 42.6 Å². The highest BCUT2D eigenvalue weighted by molar-refractivity contribution is 5.45. The topological polar surface area (TPSA) is 21.3 Å². The number of benzene rings is 1. The van der Waals surface area contributed by atoms with Gasteiger partial charge in [0, 0.05) is 6.04 Å². The first-order valence-electron chi connectivity index (χ1n) is 7.73. The first kappa shape index (κ1) is 13.0. The predicted molar refractivity (Wildman–Crippen MR) is 78.9 cm³/mol. The van der Waals surface area contributed by atoms with Crippen LogP contribution >= 0.6 is 0 Å². The monoisotopic (exact) mass is 259 g/mol. The molecule has 0 amide bonds. The second kappa shape index (κ2) is 5.54. The van der Waals surface area contributed by atoms with Crippen LogP contribution in [0.25, 0.3) is 0 Å². The van der Waals surface area contributed by atoms with Crippen molar-refractivity contribution in [2.75, 3.05) is 13.2 Å². The summed E-state index contributed by atoms with van der Waals surface area (Å²) in [5.74, 6) is 2.71. The Morgan fingerprint density at radius 3 is 2.95 bits per heavy atom. The lowest BCUT2D eigenvalue weighted by atomic mass is 9.69. The van der Waals surface area contributed by atoms with Gasteiger partial charge < -0.3 is 10.1 Å². The molecular weight excluding hydrogens is 234 g/mol. The number of hydrogen-bond donors (Lipinski definition) is 1. The number of rotatable bonds is 4. The molecule has 1 fully saturated rings. The molecule has 0 spiro atoms. The Balaban J connectivity index is 1.75. The van der Waals surface area contributed by atoms with Gasteiger partial charge in [-0.1, -0.05) is 32.0 Å². The summed E-state index contributed by atoms with van der Waals surface area (Å²) in [7, 11) is 0. The zero-order valence-corrected chi connectivity index (χ0v) is 12.1. The molecule has 1 heterocycles. The Labute approximate surface area is 116 Å². The van der Waals surface area contributed by atoms with Crippen molar-refractivity contribution in [1.29, 1.82) is 0 Å². The third kappa shape index (κ3) is 2.64. The molecule has 2 atom stereocenters. The third-order valence-corrected chi connectivity index (χ3v) is 4.57. The van der Waals surface area contributed by atoms with Crippen molar-refractivity contribution in [3.63, 3.8) is 0 Å². The Morgan fingerprint density at radius 2 is 2.21 bits per heavy atom. The lowest BCUT2D eigenvalue weighted by Crippen LogP contribution is -2.37. The first-order chi connectivity index (χ1) is 9.25. The van der Waals surface area contributed by atoms with Gasteiger partial charge in [-0.2, -0.15) is 0 Å². The Hall–Kier alpha value is -1.02. The van der Waals surface area contributed by atoms with Gasteiger partial charge in [-0.25, -0.2) is 0 Å². The van der Waals surface area contributed by atoms with Gasteiger partial charge in [0.05, 0.1) is 6.61 Å². The lowest BCUT2D eigenvalue weighted by molar-refractivity contribution is 0.225. The Bertz CT molecular complexity index is 441. The maximum Gasteiger partial charge on any atom is 0.125 e. The summed E-state index contributed by atoms with van der Waals surface area (Å²) in [4.78, 5) is 0. The van der Waals surface area contributed by atoms with Crippen LogP contribution in [0, 0.1) is 5.92 Å². The van der Waals surface area contributed by atoms with Crippen LogP contribution in [-0.4, -0.2) is 19.2 Å². The van der Waals surface area contributed by atoms with Crippen molar-refractivity contribution in [3.8, 4) is 5.75 Å². The van der Waals surface area contributed by atoms with Crippen LogP contribution in [0.3, 0.4) is 0 Å². The van der Waals surface area contributed by atoms with Crippen LogP contribution in [0.1, 0.15) is 50.2 Å². The van der Waals surface area contributed by atoms with Crippen LogP contribution in [0.4, 0.5) is 0 Å². The molecular formula is C17H25NO. The fourth-order valence-corrected chi connectivity index (χ4v) is 3.32. The van der Waals surface area contributed by atoms with E-state index in [0.717, 1.165) is 19.1 Å². The summed E-state index contributed by atoms with van der Waals surface area (Å²) in [5, 5.41) is 3.59. The van der Waals surface area contributed by atoms with E-state index in [9.17, 15) is 0 Å². The SMILES string of the molecule is CC(C)NCC1CCC1c1cccc2c1OCCC2. The molecule has 1 aromatic rings. The minimum Gasteiger partial charge on any atom is -0.493 e. The van der Waals surface area contributed by atoms with E-state index in [-0.39, 0.29) is 0 Å². The second-order valence-corrected chi connectivity index (χ2v) is 6.29. The molecule has 3 rings (SSSR count). The molecule has 2 aliphatic rings. The Morgan fingerprint density at radius 1 is 1.32 bits per heavy atom. The number of ether oxygens (including phenoxy) is 1. The molecule has 2 unspecified atom stereocenters. The van der Waals surface area contributed by atoms with Gasteiger partial charge >= 0.3 is 0 Å². The Kier molecular flexibility index (Phi) is 3.79. The average molecular weight is 259 g/mol. The van der Waals surface area contributed by atoms with Crippen molar-refractivity contribution >= 4 is 0 Å². The van der Waals surface area contributed by atoms with Crippen LogP contribution in [-0.2, 0) is 6.42 Å². The smallest absolute Gasteiger partial charge is 0.125 e. The molecule has 104 valence electrons. The van der Waals surface area contributed by atoms with Crippen molar-refractivity contribution < 1.29 is 4.74 Å². The largest absolute Gasteiger partial charge is 0.493 e. The summed E-state index contributed by atoms with van der Waals surface area (Å²) < 4.78 is 5.96. The molecule has 0 aromatic heterocycles. The summed E-state index contributed by atoms with van der Waals surface area (Å²) in [5.41, 5.74) is 2.89. The maximum atomic E-state index is 5.96. The van der Waals surface area contributed by atoms with E-state index in [0.29, 0.717) is 12.0 Å². The average Bonchev–Trinajstić information content (AvgIpc) is 2.38. The zero-order valence-electron chi connectivity index (χ0n) is 12.1. The van der Waals surface area contributed by atoms with Gasteiger partial charge in [0.25, 0.3) is 0 Å². The molecule has 0 saturated heterocycles. The summed E-state index contributed by atoms with van der Waals surface area (Å²) in [6, 6.07) is 7.32. The third-order valence-electron chi connectivity index (χ3n) is 4.57. The van der Waals surface area contributed by atoms with Crippen molar-refractivity contribution in [1.82, 2.24) is 5.32 Å². The number of aryl methyl sites for hydroxylation is 1. The highest BCUT2D eigenvalue weighted by Crippen LogP contribution is 2.47. The predicted octanol–water partition coefficient (Wildman–Crippen LogP) is 3.50. The fourth-order valence-electron chi connectivity index (χ4n) is 3.32. The number of nitrogens with one attached hydrogen (secondary N) is 1. The van der Waals surface area contributed by atoms with Gasteiger partial charge in [0.2, 0.25) is 0 Å². The van der Waals surface area contributed by atoms with Gasteiger partial charge in [-0.05, 0) is 55.2 Å². The lowest BCUT2D eigenvalue weighted by Gasteiger charge is -2.39.